The van der Waals surface area contributed by atoms with Crippen LogP contribution in [-0.2, 0) is 9.53 Å². The molecule has 1 atom stereocenters. The van der Waals surface area contributed by atoms with Crippen LogP contribution < -0.4 is 5.32 Å². The number of carbonyl (C=O) groups excluding carboxylic acids is 1. The third-order valence-electron chi connectivity index (χ3n) is 4.68. The highest BCUT2D eigenvalue weighted by atomic mass is 16.5. The van der Waals surface area contributed by atoms with E-state index in [1.807, 2.05) is 6.92 Å². The van der Waals surface area contributed by atoms with Crippen molar-refractivity contribution in [2.24, 2.45) is 5.92 Å². The van der Waals surface area contributed by atoms with E-state index in [9.17, 15) is 4.79 Å². The molecule has 0 aromatic rings. The van der Waals surface area contributed by atoms with Crippen LogP contribution in [0.25, 0.3) is 0 Å². The molecular weight excluding hydrogens is 264 g/mol. The molecule has 0 amide bonds. The SMILES string of the molecule is CCOC(=O)C(CCN(C)CC1CCCCC1)NC1CC1. The van der Waals surface area contributed by atoms with Crippen molar-refractivity contribution in [1.29, 1.82) is 0 Å². The van der Waals surface area contributed by atoms with E-state index < -0.39 is 0 Å². The van der Waals surface area contributed by atoms with E-state index in [2.05, 4.69) is 17.3 Å². The molecule has 0 aliphatic heterocycles. The van der Waals surface area contributed by atoms with Gasteiger partial charge in [0.25, 0.3) is 0 Å². The van der Waals surface area contributed by atoms with Crippen molar-refractivity contribution in [1.82, 2.24) is 10.2 Å². The maximum absolute atomic E-state index is 12.0. The Bertz CT molecular complexity index is 312. The van der Waals surface area contributed by atoms with Crippen LogP contribution >= 0.6 is 0 Å². The van der Waals surface area contributed by atoms with Crippen LogP contribution in [0.3, 0.4) is 0 Å². The van der Waals surface area contributed by atoms with Gasteiger partial charge in [0.15, 0.2) is 0 Å². The number of nitrogens with zero attached hydrogens (tertiary/aromatic N) is 1. The van der Waals surface area contributed by atoms with E-state index in [4.69, 9.17) is 4.74 Å². The molecule has 4 nitrogen and oxygen atoms in total. The summed E-state index contributed by atoms with van der Waals surface area (Å²) in [6, 6.07) is 0.425. The Balaban J connectivity index is 1.69. The summed E-state index contributed by atoms with van der Waals surface area (Å²) in [5.74, 6) is 0.789. The van der Waals surface area contributed by atoms with Crippen LogP contribution in [0.4, 0.5) is 0 Å². The number of carbonyl (C=O) groups is 1. The molecule has 0 saturated heterocycles. The van der Waals surface area contributed by atoms with Gasteiger partial charge in [-0.1, -0.05) is 19.3 Å². The van der Waals surface area contributed by atoms with Gasteiger partial charge in [0.2, 0.25) is 0 Å². The maximum atomic E-state index is 12.0. The topological polar surface area (TPSA) is 41.6 Å². The second kappa shape index (κ2) is 8.74. The summed E-state index contributed by atoms with van der Waals surface area (Å²) in [7, 11) is 2.19. The van der Waals surface area contributed by atoms with E-state index in [0.29, 0.717) is 12.6 Å². The van der Waals surface area contributed by atoms with Gasteiger partial charge in [-0.05, 0) is 58.5 Å². The van der Waals surface area contributed by atoms with Crippen molar-refractivity contribution in [3.8, 4) is 0 Å². The summed E-state index contributed by atoms with van der Waals surface area (Å²) in [5.41, 5.74) is 0. The number of rotatable bonds is 9. The van der Waals surface area contributed by atoms with E-state index in [1.165, 1.54) is 51.5 Å². The van der Waals surface area contributed by atoms with Gasteiger partial charge in [0.1, 0.15) is 6.04 Å². The van der Waals surface area contributed by atoms with Crippen LogP contribution in [0.1, 0.15) is 58.3 Å². The fourth-order valence-corrected chi connectivity index (χ4v) is 3.30. The number of ether oxygens (including phenoxy) is 1. The van der Waals surface area contributed by atoms with Crippen molar-refractivity contribution in [2.75, 3.05) is 26.7 Å². The van der Waals surface area contributed by atoms with Crippen LogP contribution in [0.5, 0.6) is 0 Å². The lowest BCUT2D eigenvalue weighted by molar-refractivity contribution is -0.146. The highest BCUT2D eigenvalue weighted by molar-refractivity contribution is 5.75. The van der Waals surface area contributed by atoms with Crippen LogP contribution in [0.15, 0.2) is 0 Å². The Morgan fingerprint density at radius 3 is 2.57 bits per heavy atom. The molecular formula is C17H32N2O2. The zero-order valence-electron chi connectivity index (χ0n) is 13.8. The highest BCUT2D eigenvalue weighted by Gasteiger charge is 2.29. The molecule has 2 aliphatic carbocycles. The third kappa shape index (κ3) is 6.35. The second-order valence-corrected chi connectivity index (χ2v) is 6.80. The van der Waals surface area contributed by atoms with Crippen molar-refractivity contribution < 1.29 is 9.53 Å². The summed E-state index contributed by atoms with van der Waals surface area (Å²) in [4.78, 5) is 14.4. The molecule has 0 spiro atoms. The molecule has 122 valence electrons. The van der Waals surface area contributed by atoms with E-state index in [1.54, 1.807) is 0 Å². The lowest BCUT2D eigenvalue weighted by Gasteiger charge is -2.28. The zero-order chi connectivity index (χ0) is 15.1. The molecule has 1 N–H and O–H groups in total. The number of esters is 1. The average Bonchev–Trinajstić information content (AvgIpc) is 3.28. The summed E-state index contributed by atoms with van der Waals surface area (Å²) < 4.78 is 5.19. The first-order valence-corrected chi connectivity index (χ1v) is 8.80. The Hall–Kier alpha value is -0.610. The maximum Gasteiger partial charge on any atom is 0.323 e. The summed E-state index contributed by atoms with van der Waals surface area (Å²) in [6.45, 7) is 4.50. The highest BCUT2D eigenvalue weighted by Crippen LogP contribution is 2.24. The first kappa shape index (κ1) is 16.8. The van der Waals surface area contributed by atoms with Gasteiger partial charge in [0, 0.05) is 12.6 Å². The molecule has 2 rings (SSSR count). The van der Waals surface area contributed by atoms with Gasteiger partial charge in [-0.2, -0.15) is 0 Å². The summed E-state index contributed by atoms with van der Waals surface area (Å²) in [5, 5.41) is 3.43. The lowest BCUT2D eigenvalue weighted by atomic mass is 9.89. The van der Waals surface area contributed by atoms with Gasteiger partial charge in [0.05, 0.1) is 6.61 Å². The van der Waals surface area contributed by atoms with Crippen molar-refractivity contribution >= 4 is 5.97 Å². The summed E-state index contributed by atoms with van der Waals surface area (Å²) >= 11 is 0. The van der Waals surface area contributed by atoms with Gasteiger partial charge in [-0.3, -0.25) is 4.79 Å². The average molecular weight is 296 g/mol. The fourth-order valence-electron chi connectivity index (χ4n) is 3.30. The van der Waals surface area contributed by atoms with Crippen LogP contribution in [0, 0.1) is 5.92 Å². The monoisotopic (exact) mass is 296 g/mol. The molecule has 2 aliphatic rings. The standard InChI is InChI=1S/C17H32N2O2/c1-3-21-17(20)16(18-15-9-10-15)11-12-19(2)13-14-7-5-4-6-8-14/h14-16,18H,3-13H2,1-2H3. The van der Waals surface area contributed by atoms with Crippen molar-refractivity contribution in [2.45, 2.75) is 70.4 Å². The van der Waals surface area contributed by atoms with Gasteiger partial charge in [-0.15, -0.1) is 0 Å². The Morgan fingerprint density at radius 2 is 1.95 bits per heavy atom. The number of hydrogen-bond acceptors (Lipinski definition) is 4. The quantitative estimate of drug-likeness (QED) is 0.664. The molecule has 2 fully saturated rings. The van der Waals surface area contributed by atoms with E-state index in [-0.39, 0.29) is 12.0 Å². The molecule has 4 heteroatoms. The molecule has 1 unspecified atom stereocenters. The fraction of sp³-hybridized carbons (Fsp3) is 0.941. The van der Waals surface area contributed by atoms with Crippen molar-refractivity contribution in [3.05, 3.63) is 0 Å². The van der Waals surface area contributed by atoms with Crippen LogP contribution in [0.2, 0.25) is 0 Å². The molecule has 0 aromatic heterocycles. The molecule has 0 radical (unpaired) electrons. The van der Waals surface area contributed by atoms with Crippen molar-refractivity contribution in [3.63, 3.8) is 0 Å². The first-order chi connectivity index (χ1) is 10.2. The lowest BCUT2D eigenvalue weighted by Crippen LogP contribution is -2.42. The molecule has 0 aromatic carbocycles. The molecule has 21 heavy (non-hydrogen) atoms. The minimum atomic E-state index is -0.119. The predicted molar refractivity (Wildman–Crippen MR) is 85.3 cm³/mol. The molecule has 0 heterocycles. The Labute approximate surface area is 129 Å². The smallest absolute Gasteiger partial charge is 0.323 e. The first-order valence-electron chi connectivity index (χ1n) is 8.80. The largest absolute Gasteiger partial charge is 0.465 e. The predicted octanol–water partition coefficient (Wildman–Crippen LogP) is 2.57. The van der Waals surface area contributed by atoms with Gasteiger partial charge < -0.3 is 15.0 Å². The third-order valence-corrected chi connectivity index (χ3v) is 4.68. The van der Waals surface area contributed by atoms with Gasteiger partial charge >= 0.3 is 5.97 Å². The molecule has 0 bridgehead atoms. The van der Waals surface area contributed by atoms with E-state index >= 15 is 0 Å². The Kier molecular flexibility index (Phi) is 6.97. The summed E-state index contributed by atoms with van der Waals surface area (Å²) in [6.07, 6.45) is 10.2. The molecule has 2 saturated carbocycles. The number of hydrogen-bond donors (Lipinski definition) is 1. The number of nitrogens with one attached hydrogen (secondary N) is 1. The Morgan fingerprint density at radius 1 is 1.24 bits per heavy atom. The zero-order valence-corrected chi connectivity index (χ0v) is 13.8. The van der Waals surface area contributed by atoms with Crippen LogP contribution in [-0.4, -0.2) is 49.7 Å². The normalized spacial score (nSPS) is 21.5. The minimum absolute atomic E-state index is 0.0736. The minimum Gasteiger partial charge on any atom is -0.465 e. The second-order valence-electron chi connectivity index (χ2n) is 6.80. The van der Waals surface area contributed by atoms with E-state index in [0.717, 1.165) is 18.9 Å². The van der Waals surface area contributed by atoms with Gasteiger partial charge in [-0.25, -0.2) is 0 Å².